The van der Waals surface area contributed by atoms with Gasteiger partial charge in [-0.25, -0.2) is 0 Å². The fraction of sp³-hybridized carbons (Fsp3) is 1.00. The molecular formula is C18H32O16. The highest BCUT2D eigenvalue weighted by Gasteiger charge is 2.51. The average molecular weight is 504 g/mol. The Bertz CT molecular complexity index is 637. The van der Waals surface area contributed by atoms with Crippen LogP contribution in [0.4, 0.5) is 0 Å². The van der Waals surface area contributed by atoms with Crippen LogP contribution < -0.4 is 0 Å². The molecule has 0 aromatic heterocycles. The Hall–Kier alpha value is -0.640. The number of ether oxygens (including phenoxy) is 5. The lowest BCUT2D eigenvalue weighted by molar-refractivity contribution is -0.362. The first-order chi connectivity index (χ1) is 16.0. The molecule has 15 atom stereocenters. The first kappa shape index (κ1) is 27.9. The molecule has 0 aromatic carbocycles. The molecule has 3 aliphatic rings. The summed E-state index contributed by atoms with van der Waals surface area (Å²) >= 11 is 0. The largest absolute Gasteiger partial charge is 0.394 e. The fourth-order valence-electron chi connectivity index (χ4n) is 3.95. The van der Waals surface area contributed by atoms with Crippen LogP contribution in [-0.2, 0) is 23.7 Å². The molecule has 0 radical (unpaired) electrons. The predicted octanol–water partition coefficient (Wildman–Crippen LogP) is -7.57. The van der Waals surface area contributed by atoms with Crippen molar-refractivity contribution in [2.75, 3.05) is 19.8 Å². The van der Waals surface area contributed by atoms with E-state index in [4.69, 9.17) is 23.7 Å². The number of rotatable bonds is 7. The van der Waals surface area contributed by atoms with E-state index in [9.17, 15) is 56.2 Å². The van der Waals surface area contributed by atoms with Crippen LogP contribution >= 0.6 is 0 Å². The molecule has 11 N–H and O–H groups in total. The van der Waals surface area contributed by atoms with Crippen molar-refractivity contribution in [3.8, 4) is 0 Å². The molecule has 34 heavy (non-hydrogen) atoms. The van der Waals surface area contributed by atoms with Crippen LogP contribution in [0, 0.1) is 0 Å². The normalized spacial score (nSPS) is 52.5. The zero-order chi connectivity index (χ0) is 25.3. The minimum Gasteiger partial charge on any atom is -0.394 e. The summed E-state index contributed by atoms with van der Waals surface area (Å²) in [4.78, 5) is 0. The Morgan fingerprint density at radius 2 is 1.03 bits per heavy atom. The lowest BCUT2D eigenvalue weighted by Crippen LogP contribution is -2.65. The summed E-state index contributed by atoms with van der Waals surface area (Å²) in [6.07, 6.45) is -24.9. The maximum absolute atomic E-state index is 10.3. The molecule has 0 bridgehead atoms. The van der Waals surface area contributed by atoms with Gasteiger partial charge in [-0.05, 0) is 0 Å². The summed E-state index contributed by atoms with van der Waals surface area (Å²) in [5.74, 6) is 0. The zero-order valence-corrected chi connectivity index (χ0v) is 17.7. The first-order valence-corrected chi connectivity index (χ1v) is 10.6. The number of hydrogen-bond donors (Lipinski definition) is 11. The first-order valence-electron chi connectivity index (χ1n) is 10.6. The Kier molecular flexibility index (Phi) is 9.54. The van der Waals surface area contributed by atoms with E-state index in [1.807, 2.05) is 0 Å². The molecule has 0 aliphatic carbocycles. The van der Waals surface area contributed by atoms with Crippen LogP contribution in [0.25, 0.3) is 0 Å². The highest BCUT2D eigenvalue weighted by Crippen LogP contribution is 2.29. The third-order valence-corrected chi connectivity index (χ3v) is 6.07. The van der Waals surface area contributed by atoms with Crippen LogP contribution in [0.5, 0.6) is 0 Å². The van der Waals surface area contributed by atoms with Gasteiger partial charge in [-0.2, -0.15) is 0 Å². The van der Waals surface area contributed by atoms with Crippen molar-refractivity contribution in [2.45, 2.75) is 92.1 Å². The van der Waals surface area contributed by atoms with E-state index in [0.29, 0.717) is 0 Å². The molecule has 0 saturated carbocycles. The summed E-state index contributed by atoms with van der Waals surface area (Å²) in [6.45, 7) is -2.07. The second kappa shape index (κ2) is 11.6. The van der Waals surface area contributed by atoms with Gasteiger partial charge in [0.2, 0.25) is 0 Å². The molecule has 200 valence electrons. The minimum atomic E-state index is -1.87. The van der Waals surface area contributed by atoms with E-state index >= 15 is 0 Å². The molecule has 16 heteroatoms. The summed E-state index contributed by atoms with van der Waals surface area (Å²) in [7, 11) is 0. The van der Waals surface area contributed by atoms with Crippen LogP contribution in [0.15, 0.2) is 0 Å². The molecule has 16 nitrogen and oxygen atoms in total. The highest BCUT2D eigenvalue weighted by molar-refractivity contribution is 4.94. The average Bonchev–Trinajstić information content (AvgIpc) is 2.82. The molecule has 0 spiro atoms. The quantitative estimate of drug-likeness (QED) is 0.154. The van der Waals surface area contributed by atoms with E-state index in [1.165, 1.54) is 0 Å². The Labute approximate surface area is 192 Å². The summed E-state index contributed by atoms with van der Waals surface area (Å²) in [6, 6.07) is 0. The van der Waals surface area contributed by atoms with Crippen LogP contribution in [-0.4, -0.2) is 168 Å². The van der Waals surface area contributed by atoms with Gasteiger partial charge in [0.1, 0.15) is 73.2 Å². The van der Waals surface area contributed by atoms with E-state index in [0.717, 1.165) is 0 Å². The van der Waals surface area contributed by atoms with E-state index in [-0.39, 0.29) is 0 Å². The zero-order valence-electron chi connectivity index (χ0n) is 17.7. The van der Waals surface area contributed by atoms with Gasteiger partial charge in [-0.1, -0.05) is 0 Å². The lowest BCUT2D eigenvalue weighted by Gasteiger charge is -2.45. The second-order valence-corrected chi connectivity index (χ2v) is 8.37. The van der Waals surface area contributed by atoms with Gasteiger partial charge >= 0.3 is 0 Å². The smallest absolute Gasteiger partial charge is 0.187 e. The summed E-state index contributed by atoms with van der Waals surface area (Å²) < 4.78 is 26.3. The number of aliphatic hydroxyl groups excluding tert-OH is 11. The van der Waals surface area contributed by atoms with Gasteiger partial charge in [-0.3, -0.25) is 0 Å². The highest BCUT2D eigenvalue weighted by atomic mass is 16.7. The van der Waals surface area contributed by atoms with Gasteiger partial charge in [0.05, 0.1) is 19.8 Å². The SMILES string of the molecule is OC[C@H]1O[C@@H](OC[C@H]2O[C@@H](O[C@@H]3[C@H](O)[C@@H](O)[C@H](O)O[C@@H]3CO)[C@H](O)[C@@H](O)[C@H]2O)[C@H](O)[C@@H](O)[C@H]1O. The minimum absolute atomic E-state index is 0.609. The van der Waals surface area contributed by atoms with Crippen molar-refractivity contribution in [2.24, 2.45) is 0 Å². The van der Waals surface area contributed by atoms with Crippen molar-refractivity contribution in [1.29, 1.82) is 0 Å². The third-order valence-electron chi connectivity index (χ3n) is 6.07. The Balaban J connectivity index is 1.66. The fourth-order valence-corrected chi connectivity index (χ4v) is 3.95. The Morgan fingerprint density at radius 3 is 1.62 bits per heavy atom. The predicted molar refractivity (Wildman–Crippen MR) is 101 cm³/mol. The maximum Gasteiger partial charge on any atom is 0.187 e. The second-order valence-electron chi connectivity index (χ2n) is 8.37. The van der Waals surface area contributed by atoms with Crippen molar-refractivity contribution < 1.29 is 79.9 Å². The molecule has 3 rings (SSSR count). The van der Waals surface area contributed by atoms with Crippen LogP contribution in [0.3, 0.4) is 0 Å². The van der Waals surface area contributed by atoms with Gasteiger partial charge in [0, 0.05) is 0 Å². The van der Waals surface area contributed by atoms with Gasteiger partial charge in [-0.15, -0.1) is 0 Å². The van der Waals surface area contributed by atoms with Gasteiger partial charge in [0.25, 0.3) is 0 Å². The standard InChI is InChI=1S/C18H32O16/c19-1-4-7(21)9(23)13(27)17(32-4)30-3-6-8(22)10(24)14(28)18(33-6)34-15-5(2-20)31-16(29)12(26)11(15)25/h4-29H,1-3H2/t4-,5-,6-,7+,8+,9+,10+,11-,12-,13-,14-,15+,16-,17-,18+/m1/s1. The summed E-state index contributed by atoms with van der Waals surface area (Å²) in [5, 5.41) is 109. The van der Waals surface area contributed by atoms with Crippen molar-refractivity contribution >= 4 is 0 Å². The molecular weight excluding hydrogens is 472 g/mol. The third kappa shape index (κ3) is 5.52. The van der Waals surface area contributed by atoms with Crippen molar-refractivity contribution in [3.63, 3.8) is 0 Å². The number of aliphatic hydroxyl groups is 11. The van der Waals surface area contributed by atoms with Crippen LogP contribution in [0.1, 0.15) is 0 Å². The maximum atomic E-state index is 10.3. The Morgan fingerprint density at radius 1 is 0.500 bits per heavy atom. The van der Waals surface area contributed by atoms with E-state index in [1.54, 1.807) is 0 Å². The number of hydrogen-bond acceptors (Lipinski definition) is 16. The van der Waals surface area contributed by atoms with Gasteiger partial charge < -0.3 is 79.9 Å². The van der Waals surface area contributed by atoms with E-state index in [2.05, 4.69) is 0 Å². The molecule has 3 saturated heterocycles. The van der Waals surface area contributed by atoms with Gasteiger partial charge in [0.15, 0.2) is 18.9 Å². The van der Waals surface area contributed by atoms with Crippen LogP contribution in [0.2, 0.25) is 0 Å². The molecule has 3 aliphatic heterocycles. The molecule has 3 fully saturated rings. The van der Waals surface area contributed by atoms with Crippen molar-refractivity contribution in [1.82, 2.24) is 0 Å². The molecule has 3 heterocycles. The monoisotopic (exact) mass is 504 g/mol. The van der Waals surface area contributed by atoms with Crippen molar-refractivity contribution in [3.05, 3.63) is 0 Å². The molecule has 0 amide bonds. The summed E-state index contributed by atoms with van der Waals surface area (Å²) in [5.41, 5.74) is 0. The molecule has 0 aromatic rings. The van der Waals surface area contributed by atoms with E-state index < -0.39 is 112 Å². The topological polar surface area (TPSA) is 269 Å². The molecule has 0 unspecified atom stereocenters. The lowest BCUT2D eigenvalue weighted by atomic mass is 9.97.